The molecule has 0 atom stereocenters. The van der Waals surface area contributed by atoms with Crippen LogP contribution < -0.4 is 10.1 Å². The second-order valence-electron chi connectivity index (χ2n) is 7.79. The van der Waals surface area contributed by atoms with E-state index in [2.05, 4.69) is 21.6 Å². The van der Waals surface area contributed by atoms with Gasteiger partial charge in [0.1, 0.15) is 6.61 Å². The first-order valence-electron chi connectivity index (χ1n) is 11.1. The van der Waals surface area contributed by atoms with Gasteiger partial charge in [0.05, 0.1) is 5.75 Å². The van der Waals surface area contributed by atoms with E-state index in [-0.39, 0.29) is 24.0 Å². The van der Waals surface area contributed by atoms with Gasteiger partial charge in [0.2, 0.25) is 5.91 Å². The lowest BCUT2D eigenvalue weighted by atomic mass is 9.97. The van der Waals surface area contributed by atoms with Crippen molar-refractivity contribution in [3.8, 4) is 11.4 Å². The molecule has 33 heavy (non-hydrogen) atoms. The molecular weight excluding hydrogens is 439 g/mol. The second kappa shape index (κ2) is 11.7. The molecule has 0 fully saturated rings. The molecule has 0 aliphatic heterocycles. The Labute approximate surface area is 197 Å². The first-order chi connectivity index (χ1) is 16.2. The minimum absolute atomic E-state index is 0.0387. The number of hydrogen-bond acceptors (Lipinski definition) is 5. The van der Waals surface area contributed by atoms with Gasteiger partial charge in [-0.05, 0) is 56.4 Å². The van der Waals surface area contributed by atoms with E-state index in [1.165, 1.54) is 36.2 Å². The van der Waals surface area contributed by atoms with E-state index in [0.717, 1.165) is 24.9 Å². The average Bonchev–Trinajstić information content (AvgIpc) is 3.26. The molecule has 172 valence electrons. The van der Waals surface area contributed by atoms with Gasteiger partial charge in [-0.3, -0.25) is 9.36 Å². The quantitative estimate of drug-likeness (QED) is 0.333. The van der Waals surface area contributed by atoms with Gasteiger partial charge >= 0.3 is 0 Å². The number of nitrogens with one attached hydrogen (secondary N) is 1. The van der Waals surface area contributed by atoms with Crippen molar-refractivity contribution in [2.45, 2.75) is 43.9 Å². The minimum Gasteiger partial charge on any atom is -0.483 e. The summed E-state index contributed by atoms with van der Waals surface area (Å²) < 4.78 is 21.4. The van der Waals surface area contributed by atoms with E-state index in [1.54, 1.807) is 18.2 Å². The zero-order valence-electron chi connectivity index (χ0n) is 18.4. The number of ether oxygens (including phenoxy) is 1. The molecule has 0 saturated carbocycles. The summed E-state index contributed by atoms with van der Waals surface area (Å²) in [6.45, 7) is 0.697. The second-order valence-corrected chi connectivity index (χ2v) is 8.73. The van der Waals surface area contributed by atoms with Crippen LogP contribution in [0.3, 0.4) is 0 Å². The Morgan fingerprint density at radius 3 is 2.70 bits per heavy atom. The van der Waals surface area contributed by atoms with Crippen LogP contribution in [0.15, 0.2) is 71.4 Å². The topological polar surface area (TPSA) is 69.0 Å². The Hall–Kier alpha value is -3.13. The van der Waals surface area contributed by atoms with Gasteiger partial charge < -0.3 is 10.1 Å². The molecule has 3 aromatic rings. The summed E-state index contributed by atoms with van der Waals surface area (Å²) in [5.74, 6) is 0.443. The number of para-hydroxylation sites is 2. The number of hydrogen-bond donors (Lipinski definition) is 1. The molecule has 1 heterocycles. The Balaban J connectivity index is 1.39. The standard InChI is InChI=1S/C25H27FN4O2S/c26-21-13-7-8-14-22(21)32-17-23-28-29-25(30(23)20-11-5-2-6-12-20)33-18-24(31)27-16-15-19-9-3-1-4-10-19/h2,5-9,11-14H,1,3-4,10,15-18H2,(H,27,31). The summed E-state index contributed by atoms with van der Waals surface area (Å²) >= 11 is 1.31. The number of allylic oxidation sites excluding steroid dienone is 1. The monoisotopic (exact) mass is 466 g/mol. The molecule has 0 spiro atoms. The zero-order valence-corrected chi connectivity index (χ0v) is 19.2. The predicted octanol–water partition coefficient (Wildman–Crippen LogP) is 5.08. The van der Waals surface area contributed by atoms with Crippen molar-refractivity contribution in [3.05, 3.63) is 77.9 Å². The molecule has 0 radical (unpaired) electrons. The van der Waals surface area contributed by atoms with Gasteiger partial charge in [0.25, 0.3) is 0 Å². The van der Waals surface area contributed by atoms with Gasteiger partial charge in [0.15, 0.2) is 22.5 Å². The number of rotatable bonds is 10. The zero-order chi connectivity index (χ0) is 22.9. The van der Waals surface area contributed by atoms with Crippen molar-refractivity contribution in [1.29, 1.82) is 0 Å². The Kier molecular flexibility index (Phi) is 8.14. The fraction of sp³-hybridized carbons (Fsp3) is 0.320. The Bertz CT molecular complexity index is 1100. The number of carbonyl (C=O) groups excluding carboxylic acids is 1. The molecule has 1 aliphatic rings. The van der Waals surface area contributed by atoms with Gasteiger partial charge in [0, 0.05) is 12.2 Å². The SMILES string of the molecule is O=C(CSc1nnc(COc2ccccc2F)n1-c1ccccc1)NCCC1=CCCCC1. The number of thioether (sulfide) groups is 1. The van der Waals surface area contributed by atoms with Crippen LogP contribution in [0.5, 0.6) is 5.75 Å². The van der Waals surface area contributed by atoms with E-state index >= 15 is 0 Å². The first kappa shape index (κ1) is 23.0. The van der Waals surface area contributed by atoms with Gasteiger partial charge in [-0.1, -0.05) is 53.7 Å². The van der Waals surface area contributed by atoms with E-state index < -0.39 is 5.82 Å². The predicted molar refractivity (Wildman–Crippen MR) is 127 cm³/mol. The number of aromatic nitrogens is 3. The molecule has 1 N–H and O–H groups in total. The molecule has 0 unspecified atom stereocenters. The Morgan fingerprint density at radius 1 is 1.09 bits per heavy atom. The molecule has 0 bridgehead atoms. The van der Waals surface area contributed by atoms with Crippen molar-refractivity contribution in [3.63, 3.8) is 0 Å². The number of nitrogens with zero attached hydrogens (tertiary/aromatic N) is 3. The lowest BCUT2D eigenvalue weighted by Gasteiger charge is -2.13. The summed E-state index contributed by atoms with van der Waals surface area (Å²) in [7, 11) is 0. The van der Waals surface area contributed by atoms with Crippen LogP contribution in [0.25, 0.3) is 5.69 Å². The third-order valence-corrected chi connectivity index (χ3v) is 6.32. The van der Waals surface area contributed by atoms with Gasteiger partial charge in [-0.15, -0.1) is 10.2 Å². The summed E-state index contributed by atoms with van der Waals surface area (Å²) in [6.07, 6.45) is 8.02. The number of benzene rings is 2. The molecule has 1 aromatic heterocycles. The highest BCUT2D eigenvalue weighted by Gasteiger charge is 2.17. The van der Waals surface area contributed by atoms with Crippen LogP contribution in [0.1, 0.15) is 37.9 Å². The number of amides is 1. The maximum Gasteiger partial charge on any atom is 0.230 e. The van der Waals surface area contributed by atoms with Crippen LogP contribution >= 0.6 is 11.8 Å². The molecule has 4 rings (SSSR count). The van der Waals surface area contributed by atoms with Crippen LogP contribution in [0.2, 0.25) is 0 Å². The highest BCUT2D eigenvalue weighted by atomic mass is 32.2. The molecule has 0 saturated heterocycles. The normalized spacial score (nSPS) is 13.4. The largest absolute Gasteiger partial charge is 0.483 e. The Morgan fingerprint density at radius 2 is 1.91 bits per heavy atom. The van der Waals surface area contributed by atoms with Crippen LogP contribution in [-0.4, -0.2) is 33.0 Å². The van der Waals surface area contributed by atoms with Crippen molar-refractivity contribution in [2.75, 3.05) is 12.3 Å². The van der Waals surface area contributed by atoms with E-state index in [4.69, 9.17) is 4.74 Å². The highest BCUT2D eigenvalue weighted by molar-refractivity contribution is 7.99. The van der Waals surface area contributed by atoms with Crippen LogP contribution in [0.4, 0.5) is 4.39 Å². The summed E-state index contributed by atoms with van der Waals surface area (Å²) in [5.41, 5.74) is 2.29. The van der Waals surface area contributed by atoms with Crippen molar-refractivity contribution in [2.24, 2.45) is 0 Å². The van der Waals surface area contributed by atoms with E-state index in [0.29, 0.717) is 17.5 Å². The van der Waals surface area contributed by atoms with Crippen molar-refractivity contribution < 1.29 is 13.9 Å². The van der Waals surface area contributed by atoms with Gasteiger partial charge in [-0.25, -0.2) is 4.39 Å². The maximum atomic E-state index is 13.9. The molecule has 6 nitrogen and oxygen atoms in total. The van der Waals surface area contributed by atoms with E-state index in [9.17, 15) is 9.18 Å². The minimum atomic E-state index is -0.432. The maximum absolute atomic E-state index is 13.9. The fourth-order valence-electron chi connectivity index (χ4n) is 3.70. The summed E-state index contributed by atoms with van der Waals surface area (Å²) in [4.78, 5) is 12.4. The fourth-order valence-corrected chi connectivity index (χ4v) is 4.50. The summed E-state index contributed by atoms with van der Waals surface area (Å²) in [6, 6.07) is 15.9. The number of carbonyl (C=O) groups is 1. The lowest BCUT2D eigenvalue weighted by Crippen LogP contribution is -2.26. The third-order valence-electron chi connectivity index (χ3n) is 5.39. The summed E-state index contributed by atoms with van der Waals surface area (Å²) in [5, 5.41) is 12.1. The first-order valence-corrected chi connectivity index (χ1v) is 12.1. The molecule has 2 aromatic carbocycles. The lowest BCUT2D eigenvalue weighted by molar-refractivity contribution is -0.118. The average molecular weight is 467 g/mol. The van der Waals surface area contributed by atoms with Crippen molar-refractivity contribution >= 4 is 17.7 Å². The molecule has 8 heteroatoms. The van der Waals surface area contributed by atoms with Crippen LogP contribution in [-0.2, 0) is 11.4 Å². The smallest absolute Gasteiger partial charge is 0.230 e. The molecule has 1 aliphatic carbocycles. The number of halogens is 1. The van der Waals surface area contributed by atoms with Crippen LogP contribution in [0, 0.1) is 5.82 Å². The van der Waals surface area contributed by atoms with Gasteiger partial charge in [-0.2, -0.15) is 0 Å². The third kappa shape index (κ3) is 6.44. The highest BCUT2D eigenvalue weighted by Crippen LogP contribution is 2.24. The van der Waals surface area contributed by atoms with E-state index in [1.807, 2.05) is 34.9 Å². The van der Waals surface area contributed by atoms with Crippen molar-refractivity contribution in [1.82, 2.24) is 20.1 Å². The molecule has 1 amide bonds. The molecular formula is C25H27FN4O2S.